The lowest BCUT2D eigenvalue weighted by Gasteiger charge is -2.28. The summed E-state index contributed by atoms with van der Waals surface area (Å²) in [4.78, 5) is 25.7. The van der Waals surface area contributed by atoms with Gasteiger partial charge in [0.05, 0.1) is 4.92 Å². The maximum absolute atomic E-state index is 12.5. The summed E-state index contributed by atoms with van der Waals surface area (Å²) in [6.45, 7) is 3.65. The molecule has 7 nitrogen and oxygen atoms in total. The topological polar surface area (TPSA) is 87.5 Å². The number of rotatable bonds is 5. The Labute approximate surface area is 175 Å². The molecule has 2 N–H and O–H groups in total. The van der Waals surface area contributed by atoms with Gasteiger partial charge in [-0.2, -0.15) is 0 Å². The fourth-order valence-corrected chi connectivity index (χ4v) is 3.59. The first kappa shape index (κ1) is 20.7. The molecule has 0 bridgehead atoms. The number of aryl methyl sites for hydroxylation is 1. The van der Waals surface area contributed by atoms with Crippen molar-refractivity contribution in [3.63, 3.8) is 0 Å². The molecule has 1 aliphatic heterocycles. The molecular formula is C21H24N4O3S. The molecule has 3 rings (SSSR count). The number of carbonyl (C=O) groups is 1. The van der Waals surface area contributed by atoms with Gasteiger partial charge in [0.2, 0.25) is 0 Å². The Morgan fingerprint density at radius 3 is 2.45 bits per heavy atom. The number of amides is 1. The van der Waals surface area contributed by atoms with Crippen molar-refractivity contribution in [3.8, 4) is 0 Å². The smallest absolute Gasteiger partial charge is 0.293 e. The van der Waals surface area contributed by atoms with Gasteiger partial charge in [-0.25, -0.2) is 0 Å². The minimum Gasteiger partial charge on any atom is -0.366 e. The van der Waals surface area contributed by atoms with E-state index in [0.29, 0.717) is 5.69 Å². The number of nitro groups is 1. The summed E-state index contributed by atoms with van der Waals surface area (Å²) in [5.74, 6) is -0.485. The summed E-state index contributed by atoms with van der Waals surface area (Å²) in [6, 6.07) is 12.3. The molecule has 0 radical (unpaired) electrons. The Morgan fingerprint density at radius 2 is 1.83 bits per heavy atom. The zero-order valence-electron chi connectivity index (χ0n) is 16.3. The van der Waals surface area contributed by atoms with Gasteiger partial charge in [0.25, 0.3) is 11.6 Å². The van der Waals surface area contributed by atoms with E-state index in [9.17, 15) is 14.9 Å². The third-order valence-corrected chi connectivity index (χ3v) is 5.18. The van der Waals surface area contributed by atoms with Crippen molar-refractivity contribution in [3.05, 3.63) is 63.7 Å². The molecule has 152 valence electrons. The molecule has 0 saturated carbocycles. The highest BCUT2D eigenvalue weighted by Gasteiger charge is 2.23. The highest BCUT2D eigenvalue weighted by atomic mass is 32.1. The summed E-state index contributed by atoms with van der Waals surface area (Å²) >= 11 is 5.20. The maximum atomic E-state index is 12.5. The van der Waals surface area contributed by atoms with Crippen molar-refractivity contribution in [2.75, 3.05) is 23.3 Å². The first-order chi connectivity index (χ1) is 14.0. The fourth-order valence-electron chi connectivity index (χ4n) is 3.37. The van der Waals surface area contributed by atoms with Crippen LogP contribution in [0.3, 0.4) is 0 Å². The maximum Gasteiger partial charge on any atom is 0.293 e. The molecular weight excluding hydrogens is 388 g/mol. The van der Waals surface area contributed by atoms with Crippen LogP contribution >= 0.6 is 12.2 Å². The summed E-state index contributed by atoms with van der Waals surface area (Å²) in [7, 11) is 0. The van der Waals surface area contributed by atoms with Crippen LogP contribution in [-0.2, 0) is 6.42 Å². The average molecular weight is 413 g/mol. The van der Waals surface area contributed by atoms with Crippen molar-refractivity contribution in [1.29, 1.82) is 0 Å². The van der Waals surface area contributed by atoms with E-state index in [1.165, 1.54) is 11.6 Å². The first-order valence-corrected chi connectivity index (χ1v) is 10.1. The highest BCUT2D eigenvalue weighted by molar-refractivity contribution is 7.80. The van der Waals surface area contributed by atoms with Gasteiger partial charge in [-0.15, -0.1) is 0 Å². The number of nitrogens with zero attached hydrogens (tertiary/aromatic N) is 2. The standard InChI is InChI=1S/C21H24N4O3S/c1-2-15-6-9-17(10-7-15)22-21(29)23-20(26)16-8-11-18(19(14-16)25(27)28)24-12-4-3-5-13-24/h6-11,14H,2-5,12-13H2,1H3,(H2,22,23,26,29). The quantitative estimate of drug-likeness (QED) is 0.433. The normalized spacial score (nSPS) is 13.6. The number of carbonyl (C=O) groups excluding carboxylic acids is 1. The van der Waals surface area contributed by atoms with Crippen LogP contribution in [0.1, 0.15) is 42.1 Å². The molecule has 2 aromatic rings. The van der Waals surface area contributed by atoms with E-state index in [-0.39, 0.29) is 16.4 Å². The van der Waals surface area contributed by atoms with Crippen LogP contribution < -0.4 is 15.5 Å². The van der Waals surface area contributed by atoms with E-state index in [0.717, 1.165) is 44.5 Å². The van der Waals surface area contributed by atoms with E-state index in [2.05, 4.69) is 17.6 Å². The van der Waals surface area contributed by atoms with Crippen LogP contribution in [0.5, 0.6) is 0 Å². The minimum absolute atomic E-state index is 0.0615. The molecule has 29 heavy (non-hydrogen) atoms. The average Bonchev–Trinajstić information content (AvgIpc) is 2.74. The van der Waals surface area contributed by atoms with Gasteiger partial charge >= 0.3 is 0 Å². The lowest BCUT2D eigenvalue weighted by molar-refractivity contribution is -0.384. The van der Waals surface area contributed by atoms with Crippen LogP contribution in [0.25, 0.3) is 0 Å². The van der Waals surface area contributed by atoms with Crippen molar-refractivity contribution in [2.45, 2.75) is 32.6 Å². The van der Waals surface area contributed by atoms with Crippen LogP contribution in [0, 0.1) is 10.1 Å². The molecule has 1 fully saturated rings. The van der Waals surface area contributed by atoms with Gasteiger partial charge in [-0.1, -0.05) is 19.1 Å². The van der Waals surface area contributed by atoms with E-state index in [4.69, 9.17) is 12.2 Å². The molecule has 0 atom stereocenters. The number of piperidine rings is 1. The molecule has 0 aliphatic carbocycles. The Kier molecular flexibility index (Phi) is 6.77. The van der Waals surface area contributed by atoms with E-state index < -0.39 is 10.8 Å². The summed E-state index contributed by atoms with van der Waals surface area (Å²) in [5.41, 5.74) is 2.66. The Bertz CT molecular complexity index is 909. The molecule has 8 heteroatoms. The molecule has 1 amide bonds. The summed E-state index contributed by atoms with van der Waals surface area (Å²) in [5, 5.41) is 17.2. The summed E-state index contributed by atoms with van der Waals surface area (Å²) in [6.07, 6.45) is 4.10. The predicted molar refractivity (Wildman–Crippen MR) is 119 cm³/mol. The van der Waals surface area contributed by atoms with Crippen LogP contribution in [-0.4, -0.2) is 29.0 Å². The molecule has 1 aliphatic rings. The van der Waals surface area contributed by atoms with Gasteiger partial charge in [0.15, 0.2) is 5.11 Å². The zero-order chi connectivity index (χ0) is 20.8. The van der Waals surface area contributed by atoms with Crippen molar-refractivity contribution in [1.82, 2.24) is 5.32 Å². The number of anilines is 2. The number of nitro benzene ring substituents is 1. The Hall–Kier alpha value is -3.00. The lowest BCUT2D eigenvalue weighted by Crippen LogP contribution is -2.34. The van der Waals surface area contributed by atoms with E-state index in [1.807, 2.05) is 29.2 Å². The number of hydrogen-bond acceptors (Lipinski definition) is 5. The number of hydrogen-bond donors (Lipinski definition) is 2. The highest BCUT2D eigenvalue weighted by Crippen LogP contribution is 2.31. The van der Waals surface area contributed by atoms with Crippen molar-refractivity contribution in [2.24, 2.45) is 0 Å². The Balaban J connectivity index is 1.70. The largest absolute Gasteiger partial charge is 0.366 e. The third kappa shape index (κ3) is 5.29. The number of thiocarbonyl (C=S) groups is 1. The molecule has 0 unspecified atom stereocenters. The molecule has 0 spiro atoms. The SMILES string of the molecule is CCc1ccc(NC(=S)NC(=O)c2ccc(N3CCCCC3)c([N+](=O)[O-])c2)cc1. The van der Waals surface area contributed by atoms with Crippen molar-refractivity contribution < 1.29 is 9.72 Å². The minimum atomic E-state index is -0.485. The zero-order valence-corrected chi connectivity index (χ0v) is 17.1. The second kappa shape index (κ2) is 9.47. The second-order valence-electron chi connectivity index (χ2n) is 6.97. The second-order valence-corrected chi connectivity index (χ2v) is 7.38. The van der Waals surface area contributed by atoms with Crippen LogP contribution in [0.15, 0.2) is 42.5 Å². The van der Waals surface area contributed by atoms with E-state index in [1.54, 1.807) is 12.1 Å². The van der Waals surface area contributed by atoms with Gasteiger partial charge < -0.3 is 10.2 Å². The van der Waals surface area contributed by atoms with Gasteiger partial charge in [-0.05, 0) is 67.7 Å². The van der Waals surface area contributed by atoms with Gasteiger partial charge in [-0.3, -0.25) is 20.2 Å². The van der Waals surface area contributed by atoms with Gasteiger partial charge in [0.1, 0.15) is 5.69 Å². The number of nitrogens with one attached hydrogen (secondary N) is 2. The lowest BCUT2D eigenvalue weighted by atomic mass is 10.1. The monoisotopic (exact) mass is 412 g/mol. The predicted octanol–water partition coefficient (Wildman–Crippen LogP) is 4.27. The number of benzene rings is 2. The van der Waals surface area contributed by atoms with Crippen LogP contribution in [0.4, 0.5) is 17.1 Å². The molecule has 1 heterocycles. The third-order valence-electron chi connectivity index (χ3n) is 4.98. The molecule has 0 aromatic heterocycles. The molecule has 2 aromatic carbocycles. The fraction of sp³-hybridized carbons (Fsp3) is 0.333. The van der Waals surface area contributed by atoms with Crippen molar-refractivity contribution >= 4 is 40.3 Å². The summed E-state index contributed by atoms with van der Waals surface area (Å²) < 4.78 is 0. The van der Waals surface area contributed by atoms with Gasteiger partial charge in [0, 0.05) is 30.4 Å². The molecule has 1 saturated heterocycles. The Morgan fingerprint density at radius 1 is 1.14 bits per heavy atom. The van der Waals surface area contributed by atoms with Crippen LogP contribution in [0.2, 0.25) is 0 Å². The first-order valence-electron chi connectivity index (χ1n) is 9.72. The van der Waals surface area contributed by atoms with E-state index >= 15 is 0 Å².